The van der Waals surface area contributed by atoms with Crippen LogP contribution in [0, 0.1) is 22.7 Å². The summed E-state index contributed by atoms with van der Waals surface area (Å²) in [5, 5.41) is 18.7. The monoisotopic (exact) mass is 356 g/mol. The maximum atomic E-state index is 9.34. The lowest BCUT2D eigenvalue weighted by molar-refractivity contribution is 0.570. The van der Waals surface area contributed by atoms with Crippen molar-refractivity contribution in [2.75, 3.05) is 0 Å². The molecule has 0 rings (SSSR count). The maximum absolute atomic E-state index is 9.34. The fraction of sp³-hybridized carbons (Fsp3) is 0.857. The maximum Gasteiger partial charge on any atom is 0.176 e. The van der Waals surface area contributed by atoms with Gasteiger partial charge in [0, 0.05) is 0 Å². The summed E-state index contributed by atoms with van der Waals surface area (Å²) < 4.78 is 6.97. The number of rotatable bonds is 8. The van der Waals surface area contributed by atoms with E-state index in [0.29, 0.717) is 12.1 Å². The molecule has 120 valence electrons. The molecule has 0 aliphatic heterocycles. The Labute approximate surface area is 135 Å². The Kier molecular flexibility index (Phi) is 7.31. The molecule has 0 aromatic heterocycles. The van der Waals surface area contributed by atoms with Crippen LogP contribution in [0.4, 0.5) is 0 Å². The van der Waals surface area contributed by atoms with Gasteiger partial charge in [-0.3, -0.25) is 0 Å². The summed E-state index contributed by atoms with van der Waals surface area (Å²) in [4.78, 5) is 0. The third-order valence-electron chi connectivity index (χ3n) is 5.91. The van der Waals surface area contributed by atoms with Crippen LogP contribution in [0.5, 0.6) is 0 Å². The first-order valence-electron chi connectivity index (χ1n) is 7.89. The predicted octanol–water partition coefficient (Wildman–Crippen LogP) is 4.81. The fourth-order valence-electron chi connectivity index (χ4n) is 2.37. The standard InChI is InChI=1S/C14H32N2OSi4/c1-9-18(3,4)20(7,13-11-15)17-21(8,14-12-16)19(5,6)10-2/h9-10,13-14H2,1-8H3. The number of hydrogen-bond donors (Lipinski definition) is 0. The summed E-state index contributed by atoms with van der Waals surface area (Å²) >= 11 is 0. The van der Waals surface area contributed by atoms with Crippen molar-refractivity contribution in [2.24, 2.45) is 0 Å². The topological polar surface area (TPSA) is 56.8 Å². The van der Waals surface area contributed by atoms with Gasteiger partial charge < -0.3 is 4.12 Å². The van der Waals surface area contributed by atoms with Gasteiger partial charge >= 0.3 is 0 Å². The molecule has 0 radical (unpaired) electrons. The van der Waals surface area contributed by atoms with Gasteiger partial charge in [-0.05, 0) is 13.1 Å². The lowest BCUT2D eigenvalue weighted by Gasteiger charge is -2.49. The van der Waals surface area contributed by atoms with E-state index in [9.17, 15) is 10.5 Å². The minimum atomic E-state index is -2.05. The van der Waals surface area contributed by atoms with Crippen LogP contribution in [-0.2, 0) is 4.12 Å². The van der Waals surface area contributed by atoms with Crippen LogP contribution in [0.2, 0.25) is 63.5 Å². The minimum Gasteiger partial charge on any atom is -0.458 e. The van der Waals surface area contributed by atoms with Gasteiger partial charge in [0.25, 0.3) is 0 Å². The van der Waals surface area contributed by atoms with Crippen LogP contribution in [0.25, 0.3) is 0 Å². The summed E-state index contributed by atoms with van der Waals surface area (Å²) in [6.45, 7) is 18.5. The highest BCUT2D eigenvalue weighted by Crippen LogP contribution is 2.36. The minimum absolute atomic E-state index is 0.586. The first kappa shape index (κ1) is 20.8. The zero-order valence-corrected chi connectivity index (χ0v) is 19.1. The van der Waals surface area contributed by atoms with E-state index in [0.717, 1.165) is 12.1 Å². The highest BCUT2D eigenvalue weighted by atomic mass is 29.3. The van der Waals surface area contributed by atoms with Crippen molar-refractivity contribution >= 4 is 30.9 Å². The molecule has 0 heterocycles. The molecule has 0 fully saturated rings. The van der Waals surface area contributed by atoms with Gasteiger partial charge in [0.2, 0.25) is 0 Å². The highest BCUT2D eigenvalue weighted by Gasteiger charge is 2.54. The molecule has 0 amide bonds. The SMILES string of the molecule is CC[Si](C)(C)[Si](C)(CC#N)O[Si](C)(CC#N)[Si](C)(C)CC. The Hall–Kier alpha value is -0.192. The van der Waals surface area contributed by atoms with Crippen molar-refractivity contribution in [2.45, 2.75) is 77.3 Å². The van der Waals surface area contributed by atoms with Gasteiger partial charge in [-0.15, -0.1) is 0 Å². The molecule has 0 N–H and O–H groups in total. The fourth-order valence-corrected chi connectivity index (χ4v) is 30.0. The summed E-state index contributed by atoms with van der Waals surface area (Å²) in [6.07, 6.45) is 0. The Morgan fingerprint density at radius 3 is 1.19 bits per heavy atom. The molecular weight excluding hydrogens is 325 g/mol. The van der Waals surface area contributed by atoms with Crippen molar-refractivity contribution < 1.29 is 4.12 Å². The molecule has 21 heavy (non-hydrogen) atoms. The Balaban J connectivity index is 5.78. The predicted molar refractivity (Wildman–Crippen MR) is 101 cm³/mol. The second kappa shape index (κ2) is 7.38. The molecule has 2 atom stereocenters. The molecule has 0 spiro atoms. The van der Waals surface area contributed by atoms with Crippen molar-refractivity contribution in [3.05, 3.63) is 0 Å². The average molecular weight is 357 g/mol. The van der Waals surface area contributed by atoms with Gasteiger partial charge in [-0.1, -0.05) is 52.1 Å². The van der Waals surface area contributed by atoms with Crippen LogP contribution in [0.1, 0.15) is 13.8 Å². The Bertz CT molecular complexity index is 401. The van der Waals surface area contributed by atoms with E-state index in [1.807, 2.05) is 0 Å². The quantitative estimate of drug-likeness (QED) is 0.586. The van der Waals surface area contributed by atoms with Gasteiger partial charge in [0.05, 0.1) is 39.4 Å². The Morgan fingerprint density at radius 1 is 0.714 bits per heavy atom. The van der Waals surface area contributed by atoms with E-state index in [1.54, 1.807) is 0 Å². The van der Waals surface area contributed by atoms with E-state index in [1.165, 1.54) is 0 Å². The summed E-state index contributed by atoms with van der Waals surface area (Å²) in [5.41, 5.74) is 0. The number of nitrogens with zero attached hydrogens (tertiary/aromatic N) is 2. The molecule has 3 nitrogen and oxygen atoms in total. The van der Waals surface area contributed by atoms with Crippen LogP contribution in [0.3, 0.4) is 0 Å². The first-order valence-corrected chi connectivity index (χ1v) is 21.5. The summed E-state index contributed by atoms with van der Waals surface area (Å²) in [7, 11) is -7.19. The van der Waals surface area contributed by atoms with Gasteiger partial charge in [0.15, 0.2) is 15.7 Å². The first-order chi connectivity index (χ1) is 9.45. The average Bonchev–Trinajstić information content (AvgIpc) is 2.38. The molecule has 0 aliphatic carbocycles. The van der Waals surface area contributed by atoms with Gasteiger partial charge in [-0.2, -0.15) is 10.5 Å². The third-order valence-corrected chi connectivity index (χ3v) is 42.6. The van der Waals surface area contributed by atoms with E-state index in [-0.39, 0.29) is 0 Å². The molecule has 0 bridgehead atoms. The number of hydrogen-bond acceptors (Lipinski definition) is 3. The summed E-state index contributed by atoms with van der Waals surface area (Å²) in [5.74, 6) is 0. The smallest absolute Gasteiger partial charge is 0.176 e. The molecule has 0 saturated carbocycles. The van der Waals surface area contributed by atoms with Crippen molar-refractivity contribution in [1.29, 1.82) is 10.5 Å². The molecule has 7 heteroatoms. The Morgan fingerprint density at radius 2 is 1.00 bits per heavy atom. The zero-order valence-electron chi connectivity index (χ0n) is 15.1. The molecular formula is C14H32N2OSi4. The normalized spacial score (nSPS) is 18.2. The molecule has 0 aliphatic rings. The van der Waals surface area contributed by atoms with Crippen LogP contribution < -0.4 is 0 Å². The largest absolute Gasteiger partial charge is 0.458 e. The second-order valence-electron chi connectivity index (χ2n) is 7.71. The van der Waals surface area contributed by atoms with Crippen LogP contribution in [-0.4, -0.2) is 30.9 Å². The lowest BCUT2D eigenvalue weighted by Crippen LogP contribution is -2.69. The van der Waals surface area contributed by atoms with Gasteiger partial charge in [-0.25, -0.2) is 0 Å². The molecule has 0 aromatic rings. The van der Waals surface area contributed by atoms with E-state index in [4.69, 9.17) is 4.12 Å². The molecule has 2 unspecified atom stereocenters. The van der Waals surface area contributed by atoms with Crippen molar-refractivity contribution in [3.63, 3.8) is 0 Å². The van der Waals surface area contributed by atoms with Gasteiger partial charge in [0.1, 0.15) is 0 Å². The lowest BCUT2D eigenvalue weighted by atomic mass is 10.9. The van der Waals surface area contributed by atoms with E-state index >= 15 is 0 Å². The second-order valence-corrected chi connectivity index (χ2v) is 37.6. The molecule has 0 aromatic carbocycles. The molecule has 0 saturated heterocycles. The number of nitriles is 2. The highest BCUT2D eigenvalue weighted by molar-refractivity contribution is 7.46. The van der Waals surface area contributed by atoms with E-state index < -0.39 is 30.9 Å². The summed E-state index contributed by atoms with van der Waals surface area (Å²) in [6, 6.07) is 8.30. The van der Waals surface area contributed by atoms with Crippen LogP contribution >= 0.6 is 0 Å². The van der Waals surface area contributed by atoms with Crippen molar-refractivity contribution in [3.8, 4) is 12.1 Å². The zero-order chi connectivity index (χ0) is 16.9. The van der Waals surface area contributed by atoms with Crippen molar-refractivity contribution in [1.82, 2.24) is 0 Å². The third kappa shape index (κ3) is 4.39. The van der Waals surface area contributed by atoms with Crippen LogP contribution in [0.15, 0.2) is 0 Å². The van der Waals surface area contributed by atoms with E-state index in [2.05, 4.69) is 65.3 Å².